The maximum absolute atomic E-state index is 14.0. The number of carboxylic acids is 1. The van der Waals surface area contributed by atoms with E-state index in [0.717, 1.165) is 29.3 Å². The minimum Gasteiger partial charge on any atom is -0.480 e. The number of hydrogen-bond acceptors (Lipinski definition) is 4. The van der Waals surface area contributed by atoms with Crippen LogP contribution in [0.25, 0.3) is 5.57 Å². The second-order valence-electron chi connectivity index (χ2n) is 8.56. The van der Waals surface area contributed by atoms with E-state index in [1.54, 1.807) is 24.4 Å². The Balaban J connectivity index is 1.41. The number of aromatic nitrogens is 1. The molecule has 11 heteroatoms. The fourth-order valence-electron chi connectivity index (χ4n) is 4.04. The first-order valence-corrected chi connectivity index (χ1v) is 12.3. The Morgan fingerprint density at radius 2 is 1.82 bits per heavy atom. The highest BCUT2D eigenvalue weighted by Gasteiger charge is 2.25. The third kappa shape index (κ3) is 6.17. The molecule has 1 aromatic heterocycles. The summed E-state index contributed by atoms with van der Waals surface area (Å²) in [5.74, 6) is -4.02. The van der Waals surface area contributed by atoms with Crippen molar-refractivity contribution in [1.82, 2.24) is 15.2 Å². The summed E-state index contributed by atoms with van der Waals surface area (Å²) in [6.07, 6.45) is 3.78. The number of nitrogens with one attached hydrogen (secondary N) is 1. The number of carbonyl (C=O) groups is 3. The van der Waals surface area contributed by atoms with E-state index in [-0.39, 0.29) is 34.1 Å². The summed E-state index contributed by atoms with van der Waals surface area (Å²) in [5.41, 5.74) is 1.79. The Kier molecular flexibility index (Phi) is 8.38. The summed E-state index contributed by atoms with van der Waals surface area (Å²) in [4.78, 5) is 42.8. The number of pyridine rings is 1. The molecule has 3 aromatic rings. The van der Waals surface area contributed by atoms with Crippen LogP contribution in [-0.4, -0.2) is 51.9 Å². The van der Waals surface area contributed by atoms with E-state index in [4.69, 9.17) is 23.2 Å². The van der Waals surface area contributed by atoms with Crippen LogP contribution >= 0.6 is 23.2 Å². The summed E-state index contributed by atoms with van der Waals surface area (Å²) in [6.45, 7) is 0.518. The van der Waals surface area contributed by atoms with Crippen molar-refractivity contribution in [1.29, 1.82) is 0 Å². The number of nitrogens with zero attached hydrogens (tertiary/aromatic N) is 2. The Morgan fingerprint density at radius 1 is 1.08 bits per heavy atom. The largest absolute Gasteiger partial charge is 0.480 e. The van der Waals surface area contributed by atoms with Crippen molar-refractivity contribution in [2.24, 2.45) is 0 Å². The monoisotopic (exact) mass is 559 g/mol. The molecule has 196 valence electrons. The molecule has 0 saturated carbocycles. The van der Waals surface area contributed by atoms with E-state index >= 15 is 0 Å². The average molecular weight is 560 g/mol. The highest BCUT2D eigenvalue weighted by Crippen LogP contribution is 2.25. The van der Waals surface area contributed by atoms with E-state index in [1.807, 2.05) is 6.08 Å². The van der Waals surface area contributed by atoms with Gasteiger partial charge in [0.1, 0.15) is 17.7 Å². The zero-order valence-corrected chi connectivity index (χ0v) is 21.3. The van der Waals surface area contributed by atoms with Crippen LogP contribution in [0.5, 0.6) is 0 Å². The zero-order chi connectivity index (χ0) is 27.4. The Hall–Kier alpha value is -3.82. The average Bonchev–Trinajstić information content (AvgIpc) is 2.89. The van der Waals surface area contributed by atoms with Crippen LogP contribution in [0, 0.1) is 11.6 Å². The van der Waals surface area contributed by atoms with Crippen LogP contribution in [0.4, 0.5) is 8.78 Å². The molecule has 7 nitrogen and oxygen atoms in total. The van der Waals surface area contributed by atoms with Gasteiger partial charge in [0.25, 0.3) is 11.8 Å². The van der Waals surface area contributed by atoms with E-state index in [0.29, 0.717) is 18.7 Å². The van der Waals surface area contributed by atoms with Crippen LogP contribution in [0.15, 0.2) is 60.8 Å². The lowest BCUT2D eigenvalue weighted by molar-refractivity contribution is -0.139. The van der Waals surface area contributed by atoms with Gasteiger partial charge < -0.3 is 15.3 Å². The van der Waals surface area contributed by atoms with Crippen molar-refractivity contribution in [3.63, 3.8) is 0 Å². The second kappa shape index (κ2) is 11.7. The molecule has 2 heterocycles. The van der Waals surface area contributed by atoms with E-state index < -0.39 is 35.5 Å². The number of aliphatic carboxylic acids is 1. The van der Waals surface area contributed by atoms with Gasteiger partial charge in [-0.2, -0.15) is 0 Å². The number of amides is 2. The van der Waals surface area contributed by atoms with Gasteiger partial charge in [0.05, 0.1) is 21.2 Å². The third-order valence-corrected chi connectivity index (χ3v) is 6.69. The fourth-order valence-corrected chi connectivity index (χ4v) is 4.61. The van der Waals surface area contributed by atoms with Crippen molar-refractivity contribution in [2.45, 2.75) is 18.9 Å². The molecular weight excluding hydrogens is 539 g/mol. The van der Waals surface area contributed by atoms with Crippen molar-refractivity contribution >= 4 is 46.6 Å². The SMILES string of the molecule is O=C(N[C@@H](Cc1ccc(C2=CCN(C(=O)c3cc(F)ccc3F)CC2)cn1)C(=O)O)c1c(Cl)cccc1Cl. The van der Waals surface area contributed by atoms with Gasteiger partial charge in [-0.1, -0.05) is 41.4 Å². The molecule has 0 bridgehead atoms. The maximum atomic E-state index is 14.0. The lowest BCUT2D eigenvalue weighted by atomic mass is 9.99. The second-order valence-corrected chi connectivity index (χ2v) is 9.37. The maximum Gasteiger partial charge on any atom is 0.326 e. The van der Waals surface area contributed by atoms with Gasteiger partial charge >= 0.3 is 5.97 Å². The number of carbonyl (C=O) groups excluding carboxylic acids is 2. The lowest BCUT2D eigenvalue weighted by Crippen LogP contribution is -2.42. The number of benzene rings is 2. The predicted octanol–water partition coefficient (Wildman–Crippen LogP) is 5.02. The molecule has 0 fully saturated rings. The summed E-state index contributed by atoms with van der Waals surface area (Å²) >= 11 is 12.1. The minimum absolute atomic E-state index is 0.0118. The molecule has 0 aliphatic carbocycles. The standard InChI is InChI=1S/C27H21Cl2F2N3O4/c28-20-2-1-3-21(29)24(20)25(35)33-23(27(37)38)13-18-6-4-16(14-32-18)15-8-10-34(11-9-15)26(36)19-12-17(30)5-7-22(19)31/h1-8,12,14,23H,9-11,13H2,(H,33,35)(H,37,38)/t23-/m0/s1. The molecule has 4 rings (SSSR count). The highest BCUT2D eigenvalue weighted by molar-refractivity contribution is 6.39. The fraction of sp³-hybridized carbons (Fsp3) is 0.185. The van der Waals surface area contributed by atoms with Gasteiger partial charge in [-0.25, -0.2) is 13.6 Å². The lowest BCUT2D eigenvalue weighted by Gasteiger charge is -2.27. The Morgan fingerprint density at radius 3 is 2.42 bits per heavy atom. The molecule has 38 heavy (non-hydrogen) atoms. The summed E-state index contributed by atoms with van der Waals surface area (Å²) in [5, 5.41) is 12.2. The number of rotatable bonds is 7. The summed E-state index contributed by atoms with van der Waals surface area (Å²) in [6, 6.07) is 9.44. The minimum atomic E-state index is -1.27. The molecule has 1 aliphatic rings. The molecule has 2 amide bonds. The molecule has 0 unspecified atom stereocenters. The normalized spacial score (nSPS) is 14.0. The molecule has 2 aromatic carbocycles. The van der Waals surface area contributed by atoms with Gasteiger partial charge in [0, 0.05) is 31.4 Å². The Labute approximate surface area is 226 Å². The van der Waals surface area contributed by atoms with Gasteiger partial charge in [-0.15, -0.1) is 0 Å². The van der Waals surface area contributed by atoms with Gasteiger partial charge in [0.2, 0.25) is 0 Å². The molecular formula is C27H21Cl2F2N3O4. The number of carboxylic acid groups (broad SMARTS) is 1. The smallest absolute Gasteiger partial charge is 0.326 e. The summed E-state index contributed by atoms with van der Waals surface area (Å²) < 4.78 is 27.4. The topological polar surface area (TPSA) is 99.6 Å². The third-order valence-electron chi connectivity index (χ3n) is 6.06. The number of hydrogen-bond donors (Lipinski definition) is 2. The van der Waals surface area contributed by atoms with Crippen LogP contribution in [-0.2, 0) is 11.2 Å². The first-order chi connectivity index (χ1) is 18.1. The molecule has 0 spiro atoms. The van der Waals surface area contributed by atoms with E-state index in [1.165, 1.54) is 17.0 Å². The quantitative estimate of drug-likeness (QED) is 0.423. The Bertz CT molecular complexity index is 1410. The zero-order valence-electron chi connectivity index (χ0n) is 19.8. The van der Waals surface area contributed by atoms with Crippen LogP contribution in [0.1, 0.15) is 38.4 Å². The van der Waals surface area contributed by atoms with Gasteiger partial charge in [-0.3, -0.25) is 14.6 Å². The van der Waals surface area contributed by atoms with Crippen molar-refractivity contribution in [3.8, 4) is 0 Å². The highest BCUT2D eigenvalue weighted by atomic mass is 35.5. The van der Waals surface area contributed by atoms with Gasteiger partial charge in [-0.05, 0) is 54.0 Å². The predicted molar refractivity (Wildman–Crippen MR) is 138 cm³/mol. The van der Waals surface area contributed by atoms with Crippen molar-refractivity contribution in [3.05, 3.63) is 105 Å². The van der Waals surface area contributed by atoms with E-state index in [9.17, 15) is 28.3 Å². The molecule has 2 N–H and O–H groups in total. The van der Waals surface area contributed by atoms with Crippen molar-refractivity contribution in [2.75, 3.05) is 13.1 Å². The summed E-state index contributed by atoms with van der Waals surface area (Å²) in [7, 11) is 0. The van der Waals surface area contributed by atoms with Gasteiger partial charge in [0.15, 0.2) is 0 Å². The first-order valence-electron chi connectivity index (χ1n) is 11.5. The molecule has 0 radical (unpaired) electrons. The van der Waals surface area contributed by atoms with Crippen LogP contribution in [0.3, 0.4) is 0 Å². The van der Waals surface area contributed by atoms with E-state index in [2.05, 4.69) is 10.3 Å². The van der Waals surface area contributed by atoms with Crippen LogP contribution < -0.4 is 5.32 Å². The van der Waals surface area contributed by atoms with Crippen LogP contribution in [0.2, 0.25) is 10.0 Å². The number of halogens is 4. The first kappa shape index (κ1) is 27.2. The van der Waals surface area contributed by atoms with Crippen molar-refractivity contribution < 1.29 is 28.3 Å². The molecule has 1 aliphatic heterocycles. The molecule has 0 saturated heterocycles. The molecule has 1 atom stereocenters.